The first-order valence-electron chi connectivity index (χ1n) is 3.71. The molecule has 72 valence electrons. The third-order valence-electron chi connectivity index (χ3n) is 1.77. The van der Waals surface area contributed by atoms with Crippen LogP contribution in [-0.2, 0) is 5.41 Å². The normalized spacial score (nSPS) is 11.8. The van der Waals surface area contributed by atoms with Gasteiger partial charge < -0.3 is 0 Å². The Bertz CT molecular complexity index is 295. The lowest BCUT2D eigenvalue weighted by atomic mass is 9.89. The maximum atomic E-state index is 5.94. The van der Waals surface area contributed by atoms with Crippen LogP contribution in [0.1, 0.15) is 19.4 Å². The molecule has 0 unspecified atom stereocenters. The van der Waals surface area contributed by atoms with Crippen molar-refractivity contribution in [2.45, 2.75) is 19.3 Å². The number of alkyl halides is 1. The molecule has 0 aliphatic carbocycles. The molecule has 1 rings (SSSR count). The van der Waals surface area contributed by atoms with Crippen LogP contribution < -0.4 is 0 Å². The molecular formula is C8H9BrCl2N2. The zero-order chi connectivity index (χ0) is 10.1. The lowest BCUT2D eigenvalue weighted by Gasteiger charge is -2.23. The maximum absolute atomic E-state index is 5.94. The summed E-state index contributed by atoms with van der Waals surface area (Å²) in [5.41, 5.74) is 0.630. The predicted molar refractivity (Wildman–Crippen MR) is 58.9 cm³/mol. The van der Waals surface area contributed by atoms with E-state index in [0.29, 0.717) is 10.3 Å². The molecule has 0 bridgehead atoms. The van der Waals surface area contributed by atoms with Crippen molar-refractivity contribution < 1.29 is 0 Å². The Morgan fingerprint density at radius 1 is 1.31 bits per heavy atom. The molecule has 0 amide bonds. The summed E-state index contributed by atoms with van der Waals surface area (Å²) < 4.78 is 0. The quantitative estimate of drug-likeness (QED) is 0.614. The number of hydrogen-bond donors (Lipinski definition) is 0. The van der Waals surface area contributed by atoms with Crippen molar-refractivity contribution in [3.05, 3.63) is 22.2 Å². The van der Waals surface area contributed by atoms with Crippen LogP contribution in [0.3, 0.4) is 0 Å². The number of halogens is 3. The zero-order valence-corrected chi connectivity index (χ0v) is 10.4. The van der Waals surface area contributed by atoms with Gasteiger partial charge in [0.2, 0.25) is 0 Å². The van der Waals surface area contributed by atoms with Crippen LogP contribution in [0.15, 0.2) is 6.33 Å². The standard InChI is InChI=1S/C8H9BrCl2N2/c1-8(2,3-9)5-6(10)12-4-13-7(5)11/h4H,3H2,1-2H3. The van der Waals surface area contributed by atoms with E-state index in [4.69, 9.17) is 23.2 Å². The highest BCUT2D eigenvalue weighted by molar-refractivity contribution is 9.09. The summed E-state index contributed by atoms with van der Waals surface area (Å²) in [6, 6.07) is 0. The smallest absolute Gasteiger partial charge is 0.137 e. The SMILES string of the molecule is CC(C)(CBr)c1c(Cl)ncnc1Cl. The summed E-state index contributed by atoms with van der Waals surface area (Å²) in [5.74, 6) is 0. The average molecular weight is 284 g/mol. The minimum absolute atomic E-state index is 0.157. The van der Waals surface area contributed by atoms with E-state index in [1.165, 1.54) is 6.33 Å². The van der Waals surface area contributed by atoms with Crippen molar-refractivity contribution in [3.63, 3.8) is 0 Å². The van der Waals surface area contributed by atoms with Gasteiger partial charge in [-0.05, 0) is 0 Å². The van der Waals surface area contributed by atoms with E-state index in [2.05, 4.69) is 25.9 Å². The summed E-state index contributed by atoms with van der Waals surface area (Å²) >= 11 is 15.3. The summed E-state index contributed by atoms with van der Waals surface area (Å²) in [6.45, 7) is 4.05. The third kappa shape index (κ3) is 2.33. The zero-order valence-electron chi connectivity index (χ0n) is 7.31. The lowest BCUT2D eigenvalue weighted by Crippen LogP contribution is -2.21. The average Bonchev–Trinajstić information content (AvgIpc) is 2.03. The van der Waals surface area contributed by atoms with Gasteiger partial charge in [-0.25, -0.2) is 9.97 Å². The second-order valence-electron chi connectivity index (χ2n) is 3.35. The first-order chi connectivity index (χ1) is 5.99. The Balaban J connectivity index is 3.28. The number of hydrogen-bond acceptors (Lipinski definition) is 2. The van der Waals surface area contributed by atoms with Gasteiger partial charge in [0.05, 0.1) is 0 Å². The minimum atomic E-state index is -0.157. The summed E-state index contributed by atoms with van der Waals surface area (Å²) in [6.07, 6.45) is 1.36. The first-order valence-corrected chi connectivity index (χ1v) is 5.59. The molecule has 1 aromatic rings. The fourth-order valence-electron chi connectivity index (χ4n) is 0.970. The fraction of sp³-hybridized carbons (Fsp3) is 0.500. The van der Waals surface area contributed by atoms with Gasteiger partial charge in [0.1, 0.15) is 16.6 Å². The highest BCUT2D eigenvalue weighted by Gasteiger charge is 2.26. The van der Waals surface area contributed by atoms with E-state index in [9.17, 15) is 0 Å². The Morgan fingerprint density at radius 2 is 1.77 bits per heavy atom. The van der Waals surface area contributed by atoms with Gasteiger partial charge in [-0.15, -0.1) is 0 Å². The summed E-state index contributed by atoms with van der Waals surface area (Å²) in [7, 11) is 0. The van der Waals surface area contributed by atoms with Gasteiger partial charge >= 0.3 is 0 Å². The number of aromatic nitrogens is 2. The maximum Gasteiger partial charge on any atom is 0.137 e. The van der Waals surface area contributed by atoms with Crippen molar-refractivity contribution in [3.8, 4) is 0 Å². The van der Waals surface area contributed by atoms with Crippen molar-refractivity contribution >= 4 is 39.1 Å². The summed E-state index contributed by atoms with van der Waals surface area (Å²) in [4.78, 5) is 7.81. The number of nitrogens with zero attached hydrogens (tertiary/aromatic N) is 2. The minimum Gasteiger partial charge on any atom is -0.224 e. The van der Waals surface area contributed by atoms with E-state index in [1.807, 2.05) is 13.8 Å². The van der Waals surface area contributed by atoms with Crippen LogP contribution in [-0.4, -0.2) is 15.3 Å². The lowest BCUT2D eigenvalue weighted by molar-refractivity contribution is 0.600. The molecule has 0 spiro atoms. The second kappa shape index (κ2) is 4.11. The number of rotatable bonds is 2. The predicted octanol–water partition coefficient (Wildman–Crippen LogP) is 3.46. The van der Waals surface area contributed by atoms with E-state index < -0.39 is 0 Å². The molecule has 0 N–H and O–H groups in total. The molecule has 1 aromatic heterocycles. The Morgan fingerprint density at radius 3 is 2.15 bits per heavy atom. The van der Waals surface area contributed by atoms with Crippen molar-refractivity contribution in [1.82, 2.24) is 9.97 Å². The van der Waals surface area contributed by atoms with Crippen LogP contribution in [0.25, 0.3) is 0 Å². The van der Waals surface area contributed by atoms with Gasteiger partial charge in [0, 0.05) is 16.3 Å². The first kappa shape index (κ1) is 11.2. The van der Waals surface area contributed by atoms with Crippen LogP contribution in [0.5, 0.6) is 0 Å². The van der Waals surface area contributed by atoms with E-state index >= 15 is 0 Å². The highest BCUT2D eigenvalue weighted by Crippen LogP contribution is 2.34. The molecule has 13 heavy (non-hydrogen) atoms. The van der Waals surface area contributed by atoms with Gasteiger partial charge in [-0.2, -0.15) is 0 Å². The molecular weight excluding hydrogens is 275 g/mol. The van der Waals surface area contributed by atoms with E-state index in [-0.39, 0.29) is 5.41 Å². The molecule has 0 aliphatic heterocycles. The molecule has 1 heterocycles. The molecule has 0 saturated carbocycles. The van der Waals surface area contributed by atoms with Gasteiger partial charge in [-0.3, -0.25) is 0 Å². The Kier molecular flexibility index (Phi) is 3.55. The monoisotopic (exact) mass is 282 g/mol. The van der Waals surface area contributed by atoms with Crippen LogP contribution in [0.2, 0.25) is 10.3 Å². The van der Waals surface area contributed by atoms with E-state index in [1.54, 1.807) is 0 Å². The molecule has 0 saturated heterocycles. The van der Waals surface area contributed by atoms with Crippen molar-refractivity contribution in [1.29, 1.82) is 0 Å². The van der Waals surface area contributed by atoms with Gasteiger partial charge in [0.15, 0.2) is 0 Å². The third-order valence-corrected chi connectivity index (χ3v) is 3.74. The van der Waals surface area contributed by atoms with E-state index in [0.717, 1.165) is 10.9 Å². The molecule has 0 radical (unpaired) electrons. The molecule has 0 aromatic carbocycles. The van der Waals surface area contributed by atoms with Crippen molar-refractivity contribution in [2.24, 2.45) is 0 Å². The molecule has 5 heteroatoms. The molecule has 0 atom stereocenters. The van der Waals surface area contributed by atoms with Crippen molar-refractivity contribution in [2.75, 3.05) is 5.33 Å². The Hall–Kier alpha value is 0.140. The van der Waals surface area contributed by atoms with Gasteiger partial charge in [0.25, 0.3) is 0 Å². The molecule has 0 aliphatic rings. The fourth-order valence-corrected chi connectivity index (χ4v) is 2.08. The molecule has 0 fully saturated rings. The van der Waals surface area contributed by atoms with Crippen LogP contribution >= 0.6 is 39.1 Å². The van der Waals surface area contributed by atoms with Crippen LogP contribution in [0.4, 0.5) is 0 Å². The highest BCUT2D eigenvalue weighted by atomic mass is 79.9. The molecule has 2 nitrogen and oxygen atoms in total. The topological polar surface area (TPSA) is 25.8 Å². The van der Waals surface area contributed by atoms with Crippen LogP contribution in [0, 0.1) is 0 Å². The largest absolute Gasteiger partial charge is 0.224 e. The van der Waals surface area contributed by atoms with Gasteiger partial charge in [-0.1, -0.05) is 53.0 Å². The summed E-state index contributed by atoms with van der Waals surface area (Å²) in [5, 5.41) is 1.60. The second-order valence-corrected chi connectivity index (χ2v) is 4.62. The Labute approximate surface area is 95.8 Å².